The van der Waals surface area contributed by atoms with Crippen LogP contribution in [0.15, 0.2) is 71.4 Å². The Hall–Kier alpha value is -3.49. The Morgan fingerprint density at radius 3 is 2.51 bits per heavy atom. The van der Waals surface area contributed by atoms with Gasteiger partial charge in [0.2, 0.25) is 0 Å². The summed E-state index contributed by atoms with van der Waals surface area (Å²) < 4.78 is 10.1. The van der Waals surface area contributed by atoms with Crippen LogP contribution >= 0.6 is 0 Å². The van der Waals surface area contributed by atoms with Crippen LogP contribution in [0, 0.1) is 0 Å². The van der Waals surface area contributed by atoms with Crippen LogP contribution in [-0.2, 0) is 19.1 Å². The second-order valence-corrected chi connectivity index (χ2v) is 8.50. The lowest BCUT2D eigenvalue weighted by Gasteiger charge is -2.43. The van der Waals surface area contributed by atoms with Crippen molar-refractivity contribution in [2.75, 3.05) is 51.5 Å². The van der Waals surface area contributed by atoms with Gasteiger partial charge < -0.3 is 14.3 Å². The third-order valence-electron chi connectivity index (χ3n) is 6.09. The molecule has 0 N–H and O–H groups in total. The van der Waals surface area contributed by atoms with Gasteiger partial charge in [-0.1, -0.05) is 35.5 Å². The minimum absolute atomic E-state index is 0.105. The fourth-order valence-corrected chi connectivity index (χ4v) is 4.27. The smallest absolute Gasteiger partial charge is 0.337 e. The van der Waals surface area contributed by atoms with Gasteiger partial charge in [0.25, 0.3) is 5.91 Å². The zero-order chi connectivity index (χ0) is 24.6. The number of esters is 1. The highest BCUT2D eigenvalue weighted by Crippen LogP contribution is 2.43. The van der Waals surface area contributed by atoms with Crippen molar-refractivity contribution >= 4 is 23.3 Å². The summed E-state index contributed by atoms with van der Waals surface area (Å²) in [4.78, 5) is 34.5. The Labute approximate surface area is 205 Å². The van der Waals surface area contributed by atoms with Gasteiger partial charge in [-0.25, -0.2) is 4.79 Å². The van der Waals surface area contributed by atoms with E-state index in [1.165, 1.54) is 7.11 Å². The molecule has 2 aromatic carbocycles. The van der Waals surface area contributed by atoms with Gasteiger partial charge in [-0.3, -0.25) is 14.6 Å². The number of ether oxygens (including phenoxy) is 2. The number of anilines is 1. The third kappa shape index (κ3) is 5.96. The molecule has 2 aliphatic rings. The van der Waals surface area contributed by atoms with E-state index in [1.807, 2.05) is 37.3 Å². The molecule has 0 aromatic heterocycles. The molecule has 184 valence electrons. The molecule has 1 amide bonds. The number of rotatable bonds is 9. The maximum atomic E-state index is 13.2. The molecular formula is C27H31N3O5. The number of hydrogen-bond acceptors (Lipinski definition) is 7. The van der Waals surface area contributed by atoms with E-state index in [0.717, 1.165) is 44.8 Å². The quantitative estimate of drug-likeness (QED) is 0.137. The normalized spacial score (nSPS) is 20.0. The van der Waals surface area contributed by atoms with Crippen molar-refractivity contribution in [1.29, 1.82) is 0 Å². The summed E-state index contributed by atoms with van der Waals surface area (Å²) in [6.07, 6.45) is 2.68. The molecule has 2 aromatic rings. The summed E-state index contributed by atoms with van der Waals surface area (Å²) in [5.41, 5.74) is 3.43. The van der Waals surface area contributed by atoms with Crippen LogP contribution in [0.1, 0.15) is 35.3 Å². The number of hydrogen-bond donors (Lipinski definition) is 0. The largest absolute Gasteiger partial charge is 0.465 e. The minimum Gasteiger partial charge on any atom is -0.465 e. The van der Waals surface area contributed by atoms with Gasteiger partial charge >= 0.3 is 5.97 Å². The number of benzene rings is 2. The summed E-state index contributed by atoms with van der Waals surface area (Å²) in [6.45, 7) is 6.80. The first-order valence-corrected chi connectivity index (χ1v) is 11.8. The standard InChI is InChI=1S/C27H31N3O5/c1-20(28-35-16-6-13-29-14-17-34-18-15-29)19-24-25(21-7-4-3-5-8-21)30(26(24)31)23-11-9-22(10-12-23)27(32)33-2/h3-5,7-12,19,25H,6,13-18H2,1-2H3/b24-19+,28-20?. The van der Waals surface area contributed by atoms with Crippen molar-refractivity contribution in [3.05, 3.63) is 77.4 Å². The van der Waals surface area contributed by atoms with Crippen LogP contribution in [-0.4, -0.2) is 69.1 Å². The molecule has 35 heavy (non-hydrogen) atoms. The van der Waals surface area contributed by atoms with Crippen LogP contribution in [0.4, 0.5) is 5.69 Å². The zero-order valence-electron chi connectivity index (χ0n) is 20.2. The van der Waals surface area contributed by atoms with E-state index in [-0.39, 0.29) is 11.9 Å². The maximum absolute atomic E-state index is 13.2. The molecule has 2 aliphatic heterocycles. The molecular weight excluding hydrogens is 446 g/mol. The molecule has 0 saturated carbocycles. The molecule has 2 fully saturated rings. The van der Waals surface area contributed by atoms with Crippen molar-refractivity contribution in [2.24, 2.45) is 5.16 Å². The Bertz CT molecular complexity index is 1080. The van der Waals surface area contributed by atoms with Crippen molar-refractivity contribution in [3.63, 3.8) is 0 Å². The fraction of sp³-hybridized carbons (Fsp3) is 0.370. The zero-order valence-corrected chi connectivity index (χ0v) is 20.2. The molecule has 1 unspecified atom stereocenters. The molecule has 8 heteroatoms. The van der Waals surface area contributed by atoms with Gasteiger partial charge in [0.05, 0.1) is 37.6 Å². The van der Waals surface area contributed by atoms with Gasteiger partial charge in [0, 0.05) is 30.9 Å². The molecule has 8 nitrogen and oxygen atoms in total. The highest BCUT2D eigenvalue weighted by molar-refractivity contribution is 6.18. The van der Waals surface area contributed by atoms with Crippen LogP contribution in [0.3, 0.4) is 0 Å². The number of allylic oxidation sites excluding steroid dienone is 1. The van der Waals surface area contributed by atoms with Crippen LogP contribution in [0.2, 0.25) is 0 Å². The third-order valence-corrected chi connectivity index (χ3v) is 6.09. The van der Waals surface area contributed by atoms with E-state index < -0.39 is 5.97 Å². The van der Waals surface area contributed by atoms with Crippen LogP contribution in [0.25, 0.3) is 0 Å². The molecule has 2 heterocycles. The lowest BCUT2D eigenvalue weighted by molar-refractivity contribution is -0.119. The average Bonchev–Trinajstić information content (AvgIpc) is 2.90. The van der Waals surface area contributed by atoms with Gasteiger partial charge in [0.15, 0.2) is 0 Å². The summed E-state index contributed by atoms with van der Waals surface area (Å²) in [5.74, 6) is -0.519. The average molecular weight is 478 g/mol. The van der Waals surface area contributed by atoms with E-state index in [9.17, 15) is 9.59 Å². The Morgan fingerprint density at radius 2 is 1.83 bits per heavy atom. The van der Waals surface area contributed by atoms with Crippen molar-refractivity contribution in [3.8, 4) is 0 Å². The van der Waals surface area contributed by atoms with Crippen LogP contribution < -0.4 is 4.90 Å². The lowest BCUT2D eigenvalue weighted by Crippen LogP contribution is -2.49. The molecule has 0 spiro atoms. The number of carbonyl (C=O) groups excluding carboxylic acids is 2. The number of amides is 1. The van der Waals surface area contributed by atoms with Crippen molar-refractivity contribution in [2.45, 2.75) is 19.4 Å². The monoisotopic (exact) mass is 477 g/mol. The Kier molecular flexibility index (Phi) is 8.28. The predicted molar refractivity (Wildman–Crippen MR) is 133 cm³/mol. The summed E-state index contributed by atoms with van der Waals surface area (Å²) >= 11 is 0. The number of methoxy groups -OCH3 is 1. The molecule has 2 saturated heterocycles. The molecule has 0 bridgehead atoms. The van der Waals surface area contributed by atoms with Gasteiger partial charge in [-0.2, -0.15) is 0 Å². The lowest BCUT2D eigenvalue weighted by atomic mass is 9.86. The first kappa shape index (κ1) is 24.6. The summed E-state index contributed by atoms with van der Waals surface area (Å²) in [7, 11) is 1.34. The van der Waals surface area contributed by atoms with E-state index in [4.69, 9.17) is 14.3 Å². The van der Waals surface area contributed by atoms with Crippen molar-refractivity contribution < 1.29 is 23.9 Å². The van der Waals surface area contributed by atoms with E-state index in [0.29, 0.717) is 29.1 Å². The Balaban J connectivity index is 1.43. The highest BCUT2D eigenvalue weighted by atomic mass is 16.6. The van der Waals surface area contributed by atoms with E-state index in [2.05, 4.69) is 10.1 Å². The first-order valence-electron chi connectivity index (χ1n) is 11.8. The first-order chi connectivity index (χ1) is 17.1. The highest BCUT2D eigenvalue weighted by Gasteiger charge is 2.43. The van der Waals surface area contributed by atoms with E-state index >= 15 is 0 Å². The van der Waals surface area contributed by atoms with Gasteiger partial charge in [-0.05, 0) is 49.2 Å². The maximum Gasteiger partial charge on any atom is 0.337 e. The summed E-state index contributed by atoms with van der Waals surface area (Å²) in [5, 5.41) is 4.20. The van der Waals surface area contributed by atoms with E-state index in [1.54, 1.807) is 35.2 Å². The minimum atomic E-state index is -0.413. The number of oxime groups is 1. The molecule has 0 aliphatic carbocycles. The predicted octanol–water partition coefficient (Wildman–Crippen LogP) is 3.60. The Morgan fingerprint density at radius 1 is 1.11 bits per heavy atom. The topological polar surface area (TPSA) is 80.7 Å². The molecule has 4 rings (SSSR count). The number of nitrogens with zero attached hydrogens (tertiary/aromatic N) is 3. The van der Waals surface area contributed by atoms with Crippen molar-refractivity contribution in [1.82, 2.24) is 4.90 Å². The van der Waals surface area contributed by atoms with Gasteiger partial charge in [-0.15, -0.1) is 0 Å². The number of morpholine rings is 1. The SMILES string of the molecule is COC(=O)c1ccc(N2C(=O)/C(=C/C(C)=NOCCCN3CCOCC3)C2c2ccccc2)cc1. The summed E-state index contributed by atoms with van der Waals surface area (Å²) in [6, 6.07) is 16.4. The number of carbonyl (C=O) groups is 2. The second-order valence-electron chi connectivity index (χ2n) is 8.50. The van der Waals surface area contributed by atoms with Gasteiger partial charge in [0.1, 0.15) is 6.61 Å². The second kappa shape index (κ2) is 11.8. The fourth-order valence-electron chi connectivity index (χ4n) is 4.27. The molecule has 0 radical (unpaired) electrons. The van der Waals surface area contributed by atoms with Crippen LogP contribution in [0.5, 0.6) is 0 Å². The number of β-lactam (4-membered cyclic amide) rings is 1. The molecule has 1 atom stereocenters.